The van der Waals surface area contributed by atoms with Gasteiger partial charge in [0.1, 0.15) is 5.76 Å². The van der Waals surface area contributed by atoms with E-state index < -0.39 is 0 Å². The van der Waals surface area contributed by atoms with Crippen LogP contribution in [0.3, 0.4) is 0 Å². The lowest BCUT2D eigenvalue weighted by Crippen LogP contribution is -2.48. The van der Waals surface area contributed by atoms with Crippen molar-refractivity contribution in [3.8, 4) is 11.3 Å². The highest BCUT2D eigenvalue weighted by atomic mass is 79.9. The molecule has 6 heteroatoms. The van der Waals surface area contributed by atoms with Crippen molar-refractivity contribution in [3.63, 3.8) is 0 Å². The first-order chi connectivity index (χ1) is 10.9. The number of morpholine rings is 1. The monoisotopic (exact) mass is 378 g/mol. The Morgan fingerprint density at radius 3 is 2.57 bits per heavy atom. The van der Waals surface area contributed by atoms with Crippen LogP contribution in [0.2, 0.25) is 0 Å². The number of anilines is 1. The molecule has 1 fully saturated rings. The Labute approximate surface area is 143 Å². The number of ether oxygens (including phenoxy) is 1. The normalized spacial score (nSPS) is 21.4. The third kappa shape index (κ3) is 3.43. The molecule has 1 amide bonds. The van der Waals surface area contributed by atoms with Gasteiger partial charge in [0.25, 0.3) is 5.91 Å². The lowest BCUT2D eigenvalue weighted by molar-refractivity contribution is -0.0592. The average molecular weight is 379 g/mol. The first-order valence-corrected chi connectivity index (χ1v) is 8.33. The zero-order chi connectivity index (χ0) is 16.6. The van der Waals surface area contributed by atoms with Crippen molar-refractivity contribution < 1.29 is 13.9 Å². The Balaban J connectivity index is 1.82. The molecule has 1 aliphatic heterocycles. The van der Waals surface area contributed by atoms with Crippen LogP contribution >= 0.6 is 15.9 Å². The number of halogens is 1. The van der Waals surface area contributed by atoms with Gasteiger partial charge in [-0.15, -0.1) is 0 Å². The Morgan fingerprint density at radius 2 is 1.91 bits per heavy atom. The van der Waals surface area contributed by atoms with Gasteiger partial charge in [-0.05, 0) is 44.2 Å². The van der Waals surface area contributed by atoms with E-state index in [1.165, 1.54) is 0 Å². The predicted molar refractivity (Wildman–Crippen MR) is 92.2 cm³/mol. The predicted octanol–water partition coefficient (Wildman–Crippen LogP) is 3.54. The van der Waals surface area contributed by atoms with E-state index in [9.17, 15) is 4.79 Å². The van der Waals surface area contributed by atoms with Gasteiger partial charge >= 0.3 is 0 Å². The van der Waals surface area contributed by atoms with E-state index in [4.69, 9.17) is 14.9 Å². The van der Waals surface area contributed by atoms with E-state index in [0.29, 0.717) is 30.3 Å². The van der Waals surface area contributed by atoms with Crippen LogP contribution in [0.4, 0.5) is 5.69 Å². The van der Waals surface area contributed by atoms with Crippen LogP contribution in [0.15, 0.2) is 39.2 Å². The highest BCUT2D eigenvalue weighted by molar-refractivity contribution is 9.10. The standard InChI is InChI=1S/C17H19BrN2O3/c1-10-8-20(9-11(2)22-10)17(21)16-6-5-15(23-16)13-4-3-12(18)7-14(13)19/h3-7,10-11H,8-9,19H2,1-2H3. The van der Waals surface area contributed by atoms with E-state index in [-0.39, 0.29) is 18.1 Å². The molecule has 0 bridgehead atoms. The first-order valence-electron chi connectivity index (χ1n) is 7.54. The summed E-state index contributed by atoms with van der Waals surface area (Å²) in [6.45, 7) is 5.07. The minimum Gasteiger partial charge on any atom is -0.451 e. The van der Waals surface area contributed by atoms with E-state index in [2.05, 4.69) is 15.9 Å². The zero-order valence-electron chi connectivity index (χ0n) is 13.1. The van der Waals surface area contributed by atoms with Gasteiger partial charge in [0.05, 0.1) is 12.2 Å². The summed E-state index contributed by atoms with van der Waals surface area (Å²) in [4.78, 5) is 14.4. The largest absolute Gasteiger partial charge is 0.451 e. The van der Waals surface area contributed by atoms with Crippen molar-refractivity contribution in [2.45, 2.75) is 26.1 Å². The number of rotatable bonds is 2. The maximum atomic E-state index is 12.6. The molecule has 23 heavy (non-hydrogen) atoms. The van der Waals surface area contributed by atoms with Crippen molar-refractivity contribution >= 4 is 27.5 Å². The molecule has 2 unspecified atom stereocenters. The number of hydrogen-bond donors (Lipinski definition) is 1. The molecular formula is C17H19BrN2O3. The summed E-state index contributed by atoms with van der Waals surface area (Å²) < 4.78 is 12.3. The topological polar surface area (TPSA) is 68.7 Å². The van der Waals surface area contributed by atoms with Crippen molar-refractivity contribution in [1.82, 2.24) is 4.90 Å². The van der Waals surface area contributed by atoms with E-state index in [1.807, 2.05) is 32.0 Å². The SMILES string of the molecule is CC1CN(C(=O)c2ccc(-c3ccc(Br)cc3N)o2)CC(C)O1. The summed E-state index contributed by atoms with van der Waals surface area (Å²) in [5, 5.41) is 0. The Hall–Kier alpha value is -1.79. The second-order valence-electron chi connectivity index (χ2n) is 5.86. The summed E-state index contributed by atoms with van der Waals surface area (Å²) in [5.41, 5.74) is 7.39. The number of nitrogens with two attached hydrogens (primary N) is 1. The highest BCUT2D eigenvalue weighted by Gasteiger charge is 2.28. The van der Waals surface area contributed by atoms with Crippen LogP contribution < -0.4 is 5.73 Å². The quantitative estimate of drug-likeness (QED) is 0.811. The van der Waals surface area contributed by atoms with Gasteiger partial charge in [0.2, 0.25) is 0 Å². The Bertz CT molecular complexity index is 718. The van der Waals surface area contributed by atoms with Gasteiger partial charge in [0, 0.05) is 28.8 Å². The summed E-state index contributed by atoms with van der Waals surface area (Å²) in [6, 6.07) is 9.04. The maximum absolute atomic E-state index is 12.6. The number of nitrogen functional groups attached to an aromatic ring is 1. The summed E-state index contributed by atoms with van der Waals surface area (Å²) >= 11 is 3.38. The molecule has 0 radical (unpaired) electrons. The van der Waals surface area contributed by atoms with Gasteiger partial charge in [0.15, 0.2) is 5.76 Å². The molecule has 2 aromatic rings. The van der Waals surface area contributed by atoms with Crippen molar-refractivity contribution in [1.29, 1.82) is 0 Å². The van der Waals surface area contributed by atoms with Crippen LogP contribution in [-0.4, -0.2) is 36.1 Å². The van der Waals surface area contributed by atoms with Crippen LogP contribution in [0.1, 0.15) is 24.4 Å². The van der Waals surface area contributed by atoms with E-state index in [1.54, 1.807) is 17.0 Å². The number of carbonyl (C=O) groups excluding carboxylic acids is 1. The second kappa shape index (κ2) is 6.37. The summed E-state index contributed by atoms with van der Waals surface area (Å²) in [6.07, 6.45) is 0.0542. The number of amides is 1. The van der Waals surface area contributed by atoms with E-state index in [0.717, 1.165) is 10.0 Å². The minimum atomic E-state index is -0.117. The Kier molecular flexibility index (Phi) is 4.46. The molecule has 1 aliphatic rings. The van der Waals surface area contributed by atoms with Gasteiger partial charge in [-0.1, -0.05) is 15.9 Å². The number of hydrogen-bond acceptors (Lipinski definition) is 4. The molecule has 2 N–H and O–H groups in total. The molecule has 2 heterocycles. The fourth-order valence-electron chi connectivity index (χ4n) is 2.86. The molecule has 0 saturated carbocycles. The van der Waals surface area contributed by atoms with Crippen LogP contribution in [0, 0.1) is 0 Å². The summed E-state index contributed by atoms with van der Waals surface area (Å²) in [5.74, 6) is 0.797. The molecule has 1 aromatic heterocycles. The fraction of sp³-hybridized carbons (Fsp3) is 0.353. The lowest BCUT2D eigenvalue weighted by Gasteiger charge is -2.34. The molecule has 2 atom stereocenters. The molecule has 5 nitrogen and oxygen atoms in total. The van der Waals surface area contributed by atoms with Crippen LogP contribution in [0.25, 0.3) is 11.3 Å². The van der Waals surface area contributed by atoms with Gasteiger partial charge < -0.3 is 19.8 Å². The first kappa shape index (κ1) is 16.1. The number of carbonyl (C=O) groups is 1. The molecule has 122 valence electrons. The lowest BCUT2D eigenvalue weighted by atomic mass is 10.1. The van der Waals surface area contributed by atoms with Crippen molar-refractivity contribution in [3.05, 3.63) is 40.6 Å². The Morgan fingerprint density at radius 1 is 1.22 bits per heavy atom. The van der Waals surface area contributed by atoms with Crippen molar-refractivity contribution in [2.24, 2.45) is 0 Å². The third-order valence-corrected chi connectivity index (χ3v) is 4.30. The smallest absolute Gasteiger partial charge is 0.289 e. The van der Waals surface area contributed by atoms with Crippen LogP contribution in [0.5, 0.6) is 0 Å². The highest BCUT2D eigenvalue weighted by Crippen LogP contribution is 2.30. The van der Waals surface area contributed by atoms with Crippen LogP contribution in [-0.2, 0) is 4.74 Å². The molecule has 0 spiro atoms. The van der Waals surface area contributed by atoms with Gasteiger partial charge in [-0.25, -0.2) is 0 Å². The minimum absolute atomic E-state index is 0.0271. The molecule has 1 aromatic carbocycles. The molecule has 0 aliphatic carbocycles. The maximum Gasteiger partial charge on any atom is 0.289 e. The molecular weight excluding hydrogens is 360 g/mol. The average Bonchev–Trinajstić information content (AvgIpc) is 2.95. The van der Waals surface area contributed by atoms with Gasteiger partial charge in [-0.3, -0.25) is 4.79 Å². The van der Waals surface area contributed by atoms with Gasteiger partial charge in [-0.2, -0.15) is 0 Å². The second-order valence-corrected chi connectivity index (χ2v) is 6.78. The van der Waals surface area contributed by atoms with Crippen molar-refractivity contribution in [2.75, 3.05) is 18.8 Å². The van der Waals surface area contributed by atoms with E-state index >= 15 is 0 Å². The fourth-order valence-corrected chi connectivity index (χ4v) is 3.23. The zero-order valence-corrected chi connectivity index (χ0v) is 14.7. The summed E-state index contributed by atoms with van der Waals surface area (Å²) in [7, 11) is 0. The number of furan rings is 1. The number of benzene rings is 1. The number of nitrogens with zero attached hydrogens (tertiary/aromatic N) is 1. The molecule has 3 rings (SSSR count). The molecule has 1 saturated heterocycles. The third-order valence-electron chi connectivity index (χ3n) is 3.80.